The Hall–Kier alpha value is -1.84. The Balaban J connectivity index is 1.96. The second kappa shape index (κ2) is 5.27. The number of rotatable bonds is 5. The van der Waals surface area contributed by atoms with Gasteiger partial charge in [0.15, 0.2) is 0 Å². The number of nitrogens with one attached hydrogen (secondary N) is 1. The molecule has 1 aliphatic carbocycles. The predicted molar refractivity (Wildman–Crippen MR) is 76.3 cm³/mol. The summed E-state index contributed by atoms with van der Waals surface area (Å²) in [6, 6.07) is 8.09. The van der Waals surface area contributed by atoms with E-state index in [1.54, 1.807) is 0 Å². The summed E-state index contributed by atoms with van der Waals surface area (Å²) >= 11 is 0. The molecule has 1 fully saturated rings. The molecule has 0 radical (unpaired) electrons. The average Bonchev–Trinajstić information content (AvgIpc) is 3.11. The van der Waals surface area contributed by atoms with Gasteiger partial charge in [-0.2, -0.15) is 0 Å². The number of aryl methyl sites for hydroxylation is 1. The molecule has 0 aliphatic heterocycles. The molecule has 1 saturated carbocycles. The van der Waals surface area contributed by atoms with Crippen LogP contribution in [0.5, 0.6) is 0 Å². The minimum absolute atomic E-state index is 0.143. The van der Waals surface area contributed by atoms with Gasteiger partial charge in [0.2, 0.25) is 5.91 Å². The van der Waals surface area contributed by atoms with E-state index in [9.17, 15) is 9.59 Å². The van der Waals surface area contributed by atoms with Crippen LogP contribution in [-0.2, 0) is 16.0 Å². The zero-order valence-corrected chi connectivity index (χ0v) is 12.1. The number of carboxylic acid groups (broad SMARTS) is 1. The summed E-state index contributed by atoms with van der Waals surface area (Å²) in [6.07, 6.45) is 1.19. The standard InChI is InChI=1S/C16H21NO3/c1-10-6-4-5-7-11(10)9-16(2,3)17-14(18)12-8-13(12)15(19)20/h4-7,12-13H,8-9H2,1-3H3,(H,17,18)(H,19,20). The Kier molecular flexibility index (Phi) is 3.84. The quantitative estimate of drug-likeness (QED) is 0.865. The number of hydrogen-bond donors (Lipinski definition) is 2. The Bertz CT molecular complexity index is 536. The van der Waals surface area contributed by atoms with Crippen LogP contribution >= 0.6 is 0 Å². The summed E-state index contributed by atoms with van der Waals surface area (Å²) in [5.74, 6) is -1.87. The molecule has 20 heavy (non-hydrogen) atoms. The third-order valence-corrected chi connectivity index (χ3v) is 3.80. The van der Waals surface area contributed by atoms with E-state index in [-0.39, 0.29) is 17.4 Å². The molecular formula is C16H21NO3. The van der Waals surface area contributed by atoms with Gasteiger partial charge in [0.25, 0.3) is 0 Å². The lowest BCUT2D eigenvalue weighted by atomic mass is 9.92. The molecule has 0 aromatic heterocycles. The smallest absolute Gasteiger partial charge is 0.307 e. The molecule has 2 unspecified atom stereocenters. The number of carbonyl (C=O) groups excluding carboxylic acids is 1. The van der Waals surface area contributed by atoms with Crippen LogP contribution in [0.25, 0.3) is 0 Å². The zero-order chi connectivity index (χ0) is 14.9. The maximum atomic E-state index is 12.0. The van der Waals surface area contributed by atoms with Gasteiger partial charge in [0.1, 0.15) is 0 Å². The molecule has 108 valence electrons. The van der Waals surface area contributed by atoms with E-state index in [0.717, 1.165) is 6.42 Å². The summed E-state index contributed by atoms with van der Waals surface area (Å²) in [6.45, 7) is 5.99. The van der Waals surface area contributed by atoms with Crippen molar-refractivity contribution >= 4 is 11.9 Å². The lowest BCUT2D eigenvalue weighted by Gasteiger charge is -2.27. The zero-order valence-electron chi connectivity index (χ0n) is 12.1. The molecule has 2 atom stereocenters. The monoisotopic (exact) mass is 275 g/mol. The minimum Gasteiger partial charge on any atom is -0.481 e. The molecule has 2 N–H and O–H groups in total. The third kappa shape index (κ3) is 3.38. The molecule has 0 spiro atoms. The highest BCUT2D eigenvalue weighted by atomic mass is 16.4. The summed E-state index contributed by atoms with van der Waals surface area (Å²) in [7, 11) is 0. The highest BCUT2D eigenvalue weighted by Gasteiger charge is 2.49. The van der Waals surface area contributed by atoms with Crippen LogP contribution in [0.15, 0.2) is 24.3 Å². The van der Waals surface area contributed by atoms with E-state index in [4.69, 9.17) is 5.11 Å². The van der Waals surface area contributed by atoms with Crippen molar-refractivity contribution in [2.24, 2.45) is 11.8 Å². The molecule has 0 heterocycles. The summed E-state index contributed by atoms with van der Waals surface area (Å²) < 4.78 is 0. The Morgan fingerprint density at radius 2 is 1.95 bits per heavy atom. The van der Waals surface area contributed by atoms with Crippen LogP contribution in [0.3, 0.4) is 0 Å². The number of amides is 1. The van der Waals surface area contributed by atoms with Crippen molar-refractivity contribution in [2.45, 2.75) is 39.2 Å². The van der Waals surface area contributed by atoms with Crippen LogP contribution in [0.4, 0.5) is 0 Å². The highest BCUT2D eigenvalue weighted by molar-refractivity contribution is 5.89. The van der Waals surface area contributed by atoms with E-state index >= 15 is 0 Å². The van der Waals surface area contributed by atoms with Gasteiger partial charge < -0.3 is 10.4 Å². The lowest BCUT2D eigenvalue weighted by Crippen LogP contribution is -2.46. The summed E-state index contributed by atoms with van der Waals surface area (Å²) in [4.78, 5) is 22.8. The number of carboxylic acids is 1. The van der Waals surface area contributed by atoms with Gasteiger partial charge in [-0.15, -0.1) is 0 Å². The molecule has 4 heteroatoms. The Morgan fingerprint density at radius 1 is 1.30 bits per heavy atom. The minimum atomic E-state index is -0.873. The molecule has 1 aromatic rings. The van der Waals surface area contributed by atoms with Gasteiger partial charge in [-0.05, 0) is 44.7 Å². The van der Waals surface area contributed by atoms with Crippen molar-refractivity contribution in [3.8, 4) is 0 Å². The molecule has 4 nitrogen and oxygen atoms in total. The molecular weight excluding hydrogens is 254 g/mol. The van der Waals surface area contributed by atoms with Gasteiger partial charge in [0, 0.05) is 5.54 Å². The van der Waals surface area contributed by atoms with Gasteiger partial charge in [-0.25, -0.2) is 0 Å². The normalized spacial score (nSPS) is 21.4. The SMILES string of the molecule is Cc1ccccc1CC(C)(C)NC(=O)C1CC1C(=O)O. The fourth-order valence-electron chi connectivity index (χ4n) is 2.51. The molecule has 0 bridgehead atoms. The van der Waals surface area contributed by atoms with Crippen LogP contribution in [-0.4, -0.2) is 22.5 Å². The van der Waals surface area contributed by atoms with E-state index < -0.39 is 11.9 Å². The molecule has 1 amide bonds. The molecule has 1 aliphatic rings. The van der Waals surface area contributed by atoms with E-state index in [2.05, 4.69) is 24.4 Å². The predicted octanol–water partition coefficient (Wildman–Crippen LogP) is 2.15. The van der Waals surface area contributed by atoms with Crippen LogP contribution in [0, 0.1) is 18.8 Å². The highest BCUT2D eigenvalue weighted by Crippen LogP contribution is 2.39. The van der Waals surface area contributed by atoms with E-state index in [1.165, 1.54) is 11.1 Å². The number of carbonyl (C=O) groups is 2. The fourth-order valence-corrected chi connectivity index (χ4v) is 2.51. The van der Waals surface area contributed by atoms with Crippen molar-refractivity contribution in [1.82, 2.24) is 5.32 Å². The van der Waals surface area contributed by atoms with E-state index in [1.807, 2.05) is 26.0 Å². The maximum absolute atomic E-state index is 12.0. The van der Waals surface area contributed by atoms with Crippen molar-refractivity contribution < 1.29 is 14.7 Å². The second-order valence-corrected chi connectivity index (χ2v) is 6.26. The molecule has 1 aromatic carbocycles. The van der Waals surface area contributed by atoms with Crippen LogP contribution in [0.1, 0.15) is 31.4 Å². The van der Waals surface area contributed by atoms with Crippen molar-refractivity contribution in [1.29, 1.82) is 0 Å². The van der Waals surface area contributed by atoms with Crippen molar-refractivity contribution in [3.63, 3.8) is 0 Å². The van der Waals surface area contributed by atoms with Crippen molar-refractivity contribution in [2.75, 3.05) is 0 Å². The fraction of sp³-hybridized carbons (Fsp3) is 0.500. The summed E-state index contributed by atoms with van der Waals surface area (Å²) in [5.41, 5.74) is 2.02. The Labute approximate surface area is 119 Å². The first-order chi connectivity index (χ1) is 9.30. The third-order valence-electron chi connectivity index (χ3n) is 3.80. The molecule has 0 saturated heterocycles. The number of aliphatic carboxylic acids is 1. The van der Waals surface area contributed by atoms with Crippen LogP contribution < -0.4 is 5.32 Å². The maximum Gasteiger partial charge on any atom is 0.307 e. The van der Waals surface area contributed by atoms with Gasteiger partial charge in [-0.1, -0.05) is 24.3 Å². The average molecular weight is 275 g/mol. The largest absolute Gasteiger partial charge is 0.481 e. The van der Waals surface area contributed by atoms with Gasteiger partial charge in [0.05, 0.1) is 11.8 Å². The van der Waals surface area contributed by atoms with Crippen LogP contribution in [0.2, 0.25) is 0 Å². The number of benzene rings is 1. The topological polar surface area (TPSA) is 66.4 Å². The number of hydrogen-bond acceptors (Lipinski definition) is 2. The second-order valence-electron chi connectivity index (χ2n) is 6.26. The van der Waals surface area contributed by atoms with Gasteiger partial charge in [-0.3, -0.25) is 9.59 Å². The van der Waals surface area contributed by atoms with E-state index in [0.29, 0.717) is 6.42 Å². The van der Waals surface area contributed by atoms with Gasteiger partial charge >= 0.3 is 5.97 Å². The van der Waals surface area contributed by atoms with Crippen molar-refractivity contribution in [3.05, 3.63) is 35.4 Å². The Morgan fingerprint density at radius 3 is 2.50 bits per heavy atom. The lowest BCUT2D eigenvalue weighted by molar-refractivity contribution is -0.140. The first kappa shape index (κ1) is 14.6. The summed E-state index contributed by atoms with van der Waals surface area (Å²) in [5, 5.41) is 11.8. The first-order valence-electron chi connectivity index (χ1n) is 6.89. The molecule has 2 rings (SSSR count). The first-order valence-corrected chi connectivity index (χ1v) is 6.89.